The molecule has 1 heterocycles. The third kappa shape index (κ3) is 5.10. The number of aromatic nitrogens is 1. The summed E-state index contributed by atoms with van der Waals surface area (Å²) in [6.07, 6.45) is 0. The first kappa shape index (κ1) is 23.6. The molecule has 180 valence electrons. The van der Waals surface area contributed by atoms with Crippen LogP contribution in [0.25, 0.3) is 11.1 Å². The van der Waals surface area contributed by atoms with Crippen LogP contribution in [-0.2, 0) is 6.54 Å². The third-order valence-electron chi connectivity index (χ3n) is 5.84. The molecule has 1 amide bonds. The van der Waals surface area contributed by atoms with Crippen molar-refractivity contribution in [1.29, 1.82) is 0 Å². The third-order valence-corrected chi connectivity index (χ3v) is 6.08. The van der Waals surface area contributed by atoms with Gasteiger partial charge in [0.15, 0.2) is 5.58 Å². The molecule has 6 nitrogen and oxygen atoms in total. The second-order valence-corrected chi connectivity index (χ2v) is 8.66. The summed E-state index contributed by atoms with van der Waals surface area (Å²) in [5.74, 6) is 0.903. The predicted molar refractivity (Wildman–Crippen MR) is 140 cm³/mol. The Kier molecular flexibility index (Phi) is 6.98. The number of nitrogens with one attached hydrogen (secondary N) is 1. The second kappa shape index (κ2) is 10.6. The Bertz CT molecular complexity index is 1470. The maximum Gasteiger partial charge on any atom is 0.265 e. The number of benzene rings is 4. The monoisotopic (exact) mass is 497 g/mol. The summed E-state index contributed by atoms with van der Waals surface area (Å²) in [4.78, 5) is 18.1. The van der Waals surface area contributed by atoms with E-state index in [4.69, 9.17) is 25.7 Å². The highest BCUT2D eigenvalue weighted by Crippen LogP contribution is 2.33. The van der Waals surface area contributed by atoms with Gasteiger partial charge in [-0.1, -0.05) is 78.3 Å². The first-order chi connectivity index (χ1) is 17.6. The van der Waals surface area contributed by atoms with Gasteiger partial charge in [-0.05, 0) is 42.0 Å². The standard InChI is InChI=1S/C29H24ClN3O3/c1-35-25-15-9-8-14-22(25)19-33(32-28(34)21-12-6-3-7-13-21)27(20-10-4-2-5-11-20)29-31-24-18-23(30)16-17-26(24)36-29/h2-18,27H,19H2,1H3,(H,32,34)/t27-/m1/s1. The zero-order chi connectivity index (χ0) is 24.9. The summed E-state index contributed by atoms with van der Waals surface area (Å²) in [6.45, 7) is 0.335. The van der Waals surface area contributed by atoms with Gasteiger partial charge in [0.2, 0.25) is 5.89 Å². The molecule has 5 rings (SSSR count). The van der Waals surface area contributed by atoms with E-state index in [9.17, 15) is 4.79 Å². The van der Waals surface area contributed by atoms with Crippen molar-refractivity contribution in [2.24, 2.45) is 0 Å². The Balaban J connectivity index is 1.62. The number of ether oxygens (including phenoxy) is 1. The van der Waals surface area contributed by atoms with Crippen LogP contribution in [0.4, 0.5) is 0 Å². The fourth-order valence-corrected chi connectivity index (χ4v) is 4.29. The highest BCUT2D eigenvalue weighted by atomic mass is 35.5. The number of carbonyl (C=O) groups is 1. The molecular weight excluding hydrogens is 474 g/mol. The summed E-state index contributed by atoms with van der Waals surface area (Å²) >= 11 is 6.20. The quantitative estimate of drug-likeness (QED) is 0.250. The molecule has 5 aromatic rings. The van der Waals surface area contributed by atoms with E-state index in [1.807, 2.05) is 77.8 Å². The molecule has 7 heteroatoms. The van der Waals surface area contributed by atoms with E-state index in [-0.39, 0.29) is 5.91 Å². The zero-order valence-electron chi connectivity index (χ0n) is 19.6. The molecule has 36 heavy (non-hydrogen) atoms. The summed E-state index contributed by atoms with van der Waals surface area (Å²) in [5, 5.41) is 2.40. The van der Waals surface area contributed by atoms with E-state index < -0.39 is 6.04 Å². The number of methoxy groups -OCH3 is 1. The van der Waals surface area contributed by atoms with Gasteiger partial charge >= 0.3 is 0 Å². The van der Waals surface area contributed by atoms with Crippen LogP contribution in [0.2, 0.25) is 5.02 Å². The fourth-order valence-electron chi connectivity index (χ4n) is 4.12. The largest absolute Gasteiger partial charge is 0.496 e. The SMILES string of the molecule is COc1ccccc1CN(NC(=O)c1ccccc1)[C@H](c1ccccc1)c1nc2cc(Cl)ccc2o1. The maximum atomic E-state index is 13.3. The average Bonchev–Trinajstić information content (AvgIpc) is 3.32. The number of hydrogen-bond acceptors (Lipinski definition) is 5. The lowest BCUT2D eigenvalue weighted by molar-refractivity contribution is 0.0671. The lowest BCUT2D eigenvalue weighted by Crippen LogP contribution is -2.44. The lowest BCUT2D eigenvalue weighted by Gasteiger charge is -2.31. The van der Waals surface area contributed by atoms with E-state index in [1.54, 1.807) is 37.4 Å². The van der Waals surface area contributed by atoms with Crippen molar-refractivity contribution in [3.63, 3.8) is 0 Å². The van der Waals surface area contributed by atoms with Gasteiger partial charge in [-0.15, -0.1) is 0 Å². The molecule has 4 aromatic carbocycles. The summed E-state index contributed by atoms with van der Waals surface area (Å²) in [7, 11) is 1.63. The van der Waals surface area contributed by atoms with Crippen molar-refractivity contribution in [1.82, 2.24) is 15.4 Å². The van der Waals surface area contributed by atoms with Crippen molar-refractivity contribution in [2.45, 2.75) is 12.6 Å². The summed E-state index contributed by atoms with van der Waals surface area (Å²) < 4.78 is 11.8. The first-order valence-electron chi connectivity index (χ1n) is 11.5. The number of hydrazine groups is 1. The highest BCUT2D eigenvalue weighted by Gasteiger charge is 2.30. The van der Waals surface area contributed by atoms with Crippen LogP contribution in [0, 0.1) is 0 Å². The van der Waals surface area contributed by atoms with Crippen molar-refractivity contribution in [3.05, 3.63) is 131 Å². The number of para-hydroxylation sites is 1. The van der Waals surface area contributed by atoms with Crippen LogP contribution in [-0.4, -0.2) is 23.0 Å². The van der Waals surface area contributed by atoms with Gasteiger partial charge in [0, 0.05) is 22.7 Å². The number of oxazole rings is 1. The van der Waals surface area contributed by atoms with Crippen molar-refractivity contribution in [3.8, 4) is 5.75 Å². The van der Waals surface area contributed by atoms with Gasteiger partial charge in [0.25, 0.3) is 5.91 Å². The molecule has 0 unspecified atom stereocenters. The number of fused-ring (bicyclic) bond motifs is 1. The number of rotatable bonds is 8. The Morgan fingerprint density at radius 2 is 1.67 bits per heavy atom. The van der Waals surface area contributed by atoms with Crippen molar-refractivity contribution in [2.75, 3.05) is 7.11 Å². The molecule has 0 aliphatic carbocycles. The van der Waals surface area contributed by atoms with Crippen LogP contribution >= 0.6 is 11.6 Å². The highest BCUT2D eigenvalue weighted by molar-refractivity contribution is 6.31. The molecule has 0 saturated carbocycles. The molecular formula is C29H24ClN3O3. The number of carbonyl (C=O) groups excluding carboxylic acids is 1. The van der Waals surface area contributed by atoms with Gasteiger partial charge in [-0.2, -0.15) is 5.01 Å². The Morgan fingerprint density at radius 1 is 0.972 bits per heavy atom. The topological polar surface area (TPSA) is 67.6 Å². The maximum absolute atomic E-state index is 13.3. The Labute approximate surface area is 214 Å². The van der Waals surface area contributed by atoms with Crippen LogP contribution in [0.1, 0.15) is 33.4 Å². The molecule has 1 N–H and O–H groups in total. The van der Waals surface area contributed by atoms with E-state index in [0.717, 1.165) is 11.1 Å². The molecule has 0 aliphatic rings. The van der Waals surface area contributed by atoms with Gasteiger partial charge in [0.05, 0.1) is 7.11 Å². The minimum atomic E-state index is -0.532. The number of nitrogens with zero attached hydrogens (tertiary/aromatic N) is 2. The summed E-state index contributed by atoms with van der Waals surface area (Å²) in [6, 6.07) is 31.4. The van der Waals surface area contributed by atoms with Crippen LogP contribution in [0.5, 0.6) is 5.75 Å². The number of hydrogen-bond donors (Lipinski definition) is 1. The van der Waals surface area contributed by atoms with E-state index >= 15 is 0 Å². The smallest absolute Gasteiger partial charge is 0.265 e. The van der Waals surface area contributed by atoms with Crippen LogP contribution < -0.4 is 10.2 Å². The molecule has 0 saturated heterocycles. The molecule has 0 bridgehead atoms. The second-order valence-electron chi connectivity index (χ2n) is 8.22. The molecule has 0 aliphatic heterocycles. The van der Waals surface area contributed by atoms with Crippen LogP contribution in [0.3, 0.4) is 0 Å². The minimum absolute atomic E-state index is 0.245. The number of amides is 1. The van der Waals surface area contributed by atoms with E-state index in [1.165, 1.54) is 0 Å². The lowest BCUT2D eigenvalue weighted by atomic mass is 10.1. The zero-order valence-corrected chi connectivity index (χ0v) is 20.4. The fraction of sp³-hybridized carbons (Fsp3) is 0.103. The normalized spacial score (nSPS) is 12.0. The number of halogens is 1. The van der Waals surface area contributed by atoms with E-state index in [2.05, 4.69) is 5.43 Å². The molecule has 0 spiro atoms. The van der Waals surface area contributed by atoms with Gasteiger partial charge in [0.1, 0.15) is 17.3 Å². The molecule has 1 aromatic heterocycles. The molecule has 0 radical (unpaired) electrons. The molecule has 0 fully saturated rings. The van der Waals surface area contributed by atoms with Gasteiger partial charge in [-0.25, -0.2) is 4.98 Å². The minimum Gasteiger partial charge on any atom is -0.496 e. The van der Waals surface area contributed by atoms with Crippen molar-refractivity contribution >= 4 is 28.6 Å². The average molecular weight is 498 g/mol. The summed E-state index contributed by atoms with van der Waals surface area (Å²) in [5.41, 5.74) is 6.69. The van der Waals surface area contributed by atoms with E-state index in [0.29, 0.717) is 39.9 Å². The molecule has 1 atom stereocenters. The Hall–Kier alpha value is -4.13. The van der Waals surface area contributed by atoms with Gasteiger partial charge in [-0.3, -0.25) is 10.2 Å². The predicted octanol–water partition coefficient (Wildman–Crippen LogP) is 6.43. The first-order valence-corrected chi connectivity index (χ1v) is 11.9. The van der Waals surface area contributed by atoms with Crippen molar-refractivity contribution < 1.29 is 13.9 Å². The van der Waals surface area contributed by atoms with Gasteiger partial charge < -0.3 is 9.15 Å². The van der Waals surface area contributed by atoms with Crippen LogP contribution in [0.15, 0.2) is 108 Å². The Morgan fingerprint density at radius 3 is 2.42 bits per heavy atom.